The number of likely N-dealkylation sites (tertiary alicyclic amines) is 1. The second-order valence-electron chi connectivity index (χ2n) is 13.6. The minimum Gasteiger partial charge on any atom is -0.363 e. The topological polar surface area (TPSA) is 151 Å². The monoisotopic (exact) mass is 551 g/mol. The Labute approximate surface area is 230 Å². The summed E-state index contributed by atoms with van der Waals surface area (Å²) in [7, 11) is 0. The first-order valence-corrected chi connectivity index (χ1v) is 14.8. The van der Waals surface area contributed by atoms with E-state index in [1.165, 1.54) is 0 Å². The number of amides is 5. The average molecular weight is 552 g/mol. The van der Waals surface area contributed by atoms with Gasteiger partial charge in [-0.25, -0.2) is 4.79 Å². The van der Waals surface area contributed by atoms with Crippen molar-refractivity contribution in [2.45, 2.75) is 91.4 Å². The zero-order valence-corrected chi connectivity index (χ0v) is 24.8. The number of nitrogens with one attached hydrogen (secondary N) is 3. The Morgan fingerprint density at radius 1 is 1.05 bits per heavy atom. The molecule has 11 heteroatoms. The van der Waals surface area contributed by atoms with E-state index in [2.05, 4.69) is 29.8 Å². The predicted molar refractivity (Wildman–Crippen MR) is 147 cm³/mol. The maximum absolute atomic E-state index is 14.0. The first-order chi connectivity index (χ1) is 17.4. The molecule has 5 amide bonds. The number of Topliss-reactive ketones (excluding diaryl/α,β-unsaturated/α-hetero) is 1. The summed E-state index contributed by atoms with van der Waals surface area (Å²) in [6, 6.07) is -3.11. The Bertz CT molecular complexity index is 987. The molecule has 38 heavy (non-hydrogen) atoms. The maximum Gasteiger partial charge on any atom is 0.315 e. The van der Waals surface area contributed by atoms with Crippen molar-refractivity contribution in [1.29, 1.82) is 0 Å². The van der Waals surface area contributed by atoms with Gasteiger partial charge < -0.3 is 26.6 Å². The first-order valence-electron chi connectivity index (χ1n) is 13.4. The van der Waals surface area contributed by atoms with Crippen LogP contribution in [-0.2, 0) is 19.2 Å². The summed E-state index contributed by atoms with van der Waals surface area (Å²) >= 11 is 1.61. The van der Waals surface area contributed by atoms with Crippen LogP contribution >= 0.6 is 11.8 Å². The Balaban J connectivity index is 1.81. The zero-order chi connectivity index (χ0) is 28.8. The third kappa shape index (κ3) is 6.63. The van der Waals surface area contributed by atoms with Crippen LogP contribution in [0.1, 0.15) is 67.7 Å². The van der Waals surface area contributed by atoms with Gasteiger partial charge in [-0.15, -0.1) is 0 Å². The van der Waals surface area contributed by atoms with Gasteiger partial charge in [0.05, 0.1) is 6.04 Å². The highest BCUT2D eigenvalue weighted by molar-refractivity contribution is 7.98. The highest BCUT2D eigenvalue weighted by Gasteiger charge is 2.70. The number of carbonyl (C=O) groups is 5. The molecule has 0 aromatic rings. The summed E-state index contributed by atoms with van der Waals surface area (Å²) in [6.07, 6.45) is 4.21. The van der Waals surface area contributed by atoms with Crippen molar-refractivity contribution in [3.05, 3.63) is 0 Å². The number of hydrogen-bond acceptors (Lipinski definition) is 6. The van der Waals surface area contributed by atoms with Crippen LogP contribution in [0.4, 0.5) is 4.79 Å². The fraction of sp³-hybridized carbons (Fsp3) is 0.815. The van der Waals surface area contributed by atoms with Gasteiger partial charge in [0.1, 0.15) is 12.1 Å². The van der Waals surface area contributed by atoms with Gasteiger partial charge in [-0.1, -0.05) is 47.5 Å². The van der Waals surface area contributed by atoms with E-state index in [1.807, 2.05) is 40.9 Å². The van der Waals surface area contributed by atoms with Crippen molar-refractivity contribution < 1.29 is 24.0 Å². The van der Waals surface area contributed by atoms with E-state index in [0.29, 0.717) is 18.7 Å². The minimum absolute atomic E-state index is 0.0772. The molecule has 1 aliphatic heterocycles. The number of rotatable bonds is 11. The SMILES string of the molecule is CSCC(C)(C)NC(=O)N[C@H](C(=O)N1C[C@H]2[C@@H]([C@H]1C(=O)NC(CC1CC1)C(=O)C(N)=O)C2(C)C)C(C)(C)C. The van der Waals surface area contributed by atoms with Crippen LogP contribution in [-0.4, -0.2) is 76.7 Å². The summed E-state index contributed by atoms with van der Waals surface area (Å²) in [5.74, 6) is -1.64. The van der Waals surface area contributed by atoms with Gasteiger partial charge in [-0.05, 0) is 55.1 Å². The lowest BCUT2D eigenvalue weighted by atomic mass is 9.85. The van der Waals surface area contributed by atoms with Crippen molar-refractivity contribution in [1.82, 2.24) is 20.9 Å². The summed E-state index contributed by atoms with van der Waals surface area (Å²) < 4.78 is 0. The molecule has 3 aliphatic rings. The minimum atomic E-state index is -1.08. The number of urea groups is 1. The van der Waals surface area contributed by atoms with Crippen LogP contribution in [0.25, 0.3) is 0 Å². The molecule has 0 bridgehead atoms. The molecule has 0 spiro atoms. The summed E-state index contributed by atoms with van der Waals surface area (Å²) in [5.41, 5.74) is 4.03. The summed E-state index contributed by atoms with van der Waals surface area (Å²) in [6.45, 7) is 14.0. The molecule has 0 radical (unpaired) electrons. The number of nitrogens with two attached hydrogens (primary N) is 1. The van der Waals surface area contributed by atoms with E-state index >= 15 is 0 Å². The second-order valence-corrected chi connectivity index (χ2v) is 14.4. The number of nitrogens with zero attached hydrogens (tertiary/aromatic N) is 1. The lowest BCUT2D eigenvalue weighted by Gasteiger charge is -2.38. The third-order valence-corrected chi connectivity index (χ3v) is 9.26. The molecule has 1 heterocycles. The van der Waals surface area contributed by atoms with Crippen LogP contribution in [0.3, 0.4) is 0 Å². The van der Waals surface area contributed by atoms with Crippen LogP contribution in [0.2, 0.25) is 0 Å². The number of thioether (sulfide) groups is 1. The average Bonchev–Trinajstić information content (AvgIpc) is 3.62. The molecule has 10 nitrogen and oxygen atoms in total. The Morgan fingerprint density at radius 2 is 1.66 bits per heavy atom. The molecule has 3 rings (SSSR count). The lowest BCUT2D eigenvalue weighted by molar-refractivity contribution is -0.145. The summed E-state index contributed by atoms with van der Waals surface area (Å²) in [5, 5.41) is 8.58. The van der Waals surface area contributed by atoms with E-state index in [1.54, 1.807) is 16.7 Å². The highest BCUT2D eigenvalue weighted by Crippen LogP contribution is 2.65. The van der Waals surface area contributed by atoms with Gasteiger partial charge in [-0.3, -0.25) is 19.2 Å². The fourth-order valence-corrected chi connectivity index (χ4v) is 6.64. The molecule has 5 atom stereocenters. The van der Waals surface area contributed by atoms with Crippen LogP contribution in [0, 0.1) is 28.6 Å². The normalized spacial score (nSPS) is 25.6. The highest BCUT2D eigenvalue weighted by atomic mass is 32.2. The molecule has 1 unspecified atom stereocenters. The van der Waals surface area contributed by atoms with Crippen molar-refractivity contribution in [2.24, 2.45) is 34.3 Å². The Kier molecular flexibility index (Phi) is 8.51. The van der Waals surface area contributed by atoms with Gasteiger partial charge in [0.2, 0.25) is 17.6 Å². The number of ketones is 1. The van der Waals surface area contributed by atoms with Crippen molar-refractivity contribution >= 4 is 41.3 Å². The van der Waals surface area contributed by atoms with Gasteiger partial charge in [0.25, 0.3) is 5.91 Å². The standard InChI is InChI=1S/C27H45N5O5S/c1-25(2,3)20(30-24(37)31-26(4,5)13-38-8)23(36)32-12-15-17(27(15,6)7)18(32)22(35)29-16(11-14-9-10-14)19(33)21(28)34/h14-18,20H,9-13H2,1-8H3,(H2,28,34)(H,29,35)(H2,30,31,37)/t15-,16?,17-,18-,20+/m0/s1. The lowest BCUT2D eigenvalue weighted by Crippen LogP contribution is -2.62. The van der Waals surface area contributed by atoms with E-state index in [9.17, 15) is 24.0 Å². The van der Waals surface area contributed by atoms with Gasteiger partial charge in [-0.2, -0.15) is 11.8 Å². The van der Waals surface area contributed by atoms with E-state index in [-0.39, 0.29) is 29.1 Å². The third-order valence-electron chi connectivity index (χ3n) is 8.25. The Hall–Kier alpha value is -2.30. The smallest absolute Gasteiger partial charge is 0.315 e. The number of carbonyl (C=O) groups excluding carboxylic acids is 5. The van der Waals surface area contributed by atoms with Crippen molar-refractivity contribution in [3.63, 3.8) is 0 Å². The van der Waals surface area contributed by atoms with Gasteiger partial charge >= 0.3 is 6.03 Å². The molecule has 214 valence electrons. The molecular formula is C27H45N5O5S. The largest absolute Gasteiger partial charge is 0.363 e. The van der Waals surface area contributed by atoms with Gasteiger partial charge in [0.15, 0.2) is 0 Å². The Morgan fingerprint density at radius 3 is 2.16 bits per heavy atom. The molecule has 0 aromatic carbocycles. The van der Waals surface area contributed by atoms with E-state index < -0.39 is 52.7 Å². The molecule has 2 aliphatic carbocycles. The quantitative estimate of drug-likeness (QED) is 0.287. The number of hydrogen-bond donors (Lipinski definition) is 4. The molecule has 3 fully saturated rings. The van der Waals surface area contributed by atoms with Crippen LogP contribution in [0.15, 0.2) is 0 Å². The molecule has 5 N–H and O–H groups in total. The van der Waals surface area contributed by atoms with Crippen LogP contribution < -0.4 is 21.7 Å². The second kappa shape index (κ2) is 10.7. The van der Waals surface area contributed by atoms with Gasteiger partial charge in [0, 0.05) is 17.8 Å². The maximum atomic E-state index is 14.0. The number of primary amides is 1. The van der Waals surface area contributed by atoms with Crippen molar-refractivity contribution in [2.75, 3.05) is 18.6 Å². The van der Waals surface area contributed by atoms with Crippen molar-refractivity contribution in [3.8, 4) is 0 Å². The molecule has 0 aromatic heterocycles. The van der Waals surface area contributed by atoms with E-state index in [4.69, 9.17) is 5.73 Å². The molecular weight excluding hydrogens is 506 g/mol. The van der Waals surface area contributed by atoms with Crippen LogP contribution in [0.5, 0.6) is 0 Å². The van der Waals surface area contributed by atoms with E-state index in [0.717, 1.165) is 12.8 Å². The fourth-order valence-electron chi connectivity index (χ4n) is 5.85. The predicted octanol–water partition coefficient (Wildman–Crippen LogP) is 1.66. The zero-order valence-electron chi connectivity index (χ0n) is 24.0. The number of fused-ring (bicyclic) bond motifs is 1. The number of piperidine rings is 1. The molecule has 1 saturated heterocycles. The first kappa shape index (κ1) is 30.2. The molecule has 2 saturated carbocycles. The summed E-state index contributed by atoms with van der Waals surface area (Å²) in [4.78, 5) is 66.3.